The lowest BCUT2D eigenvalue weighted by Gasteiger charge is -2.33. The maximum atomic E-state index is 14.2. The highest BCUT2D eigenvalue weighted by atomic mass is 19.1. The van der Waals surface area contributed by atoms with Crippen molar-refractivity contribution >= 4 is 17.8 Å². The number of esters is 1. The summed E-state index contributed by atoms with van der Waals surface area (Å²) in [4.78, 5) is 36.7. The van der Waals surface area contributed by atoms with Crippen LogP contribution < -0.4 is 0 Å². The number of hydrogen-bond donors (Lipinski definition) is 1. The second-order valence-electron chi connectivity index (χ2n) is 5.37. The van der Waals surface area contributed by atoms with Crippen LogP contribution in [0.2, 0.25) is 0 Å². The van der Waals surface area contributed by atoms with E-state index in [4.69, 9.17) is 9.84 Å². The van der Waals surface area contributed by atoms with Crippen LogP contribution >= 0.6 is 0 Å². The number of nitrogens with zero attached hydrogens (tertiary/aromatic N) is 1. The van der Waals surface area contributed by atoms with Crippen LogP contribution in [0.3, 0.4) is 0 Å². The van der Waals surface area contributed by atoms with Crippen molar-refractivity contribution in [3.63, 3.8) is 0 Å². The fourth-order valence-corrected chi connectivity index (χ4v) is 2.84. The molecule has 0 spiro atoms. The number of carbonyl (C=O) groups excluding carboxylic acids is 2. The summed E-state index contributed by atoms with van der Waals surface area (Å²) in [6, 6.07) is 5.89. The van der Waals surface area contributed by atoms with Crippen LogP contribution in [0.5, 0.6) is 0 Å². The quantitative estimate of drug-likeness (QED) is 0.833. The maximum absolute atomic E-state index is 14.2. The molecule has 0 saturated carbocycles. The molecule has 0 radical (unpaired) electrons. The van der Waals surface area contributed by atoms with Crippen molar-refractivity contribution in [3.8, 4) is 0 Å². The molecular formula is C17H18FNO5. The van der Waals surface area contributed by atoms with Crippen molar-refractivity contribution in [2.24, 2.45) is 0 Å². The molecule has 1 aromatic rings. The van der Waals surface area contributed by atoms with Gasteiger partial charge in [-0.1, -0.05) is 18.2 Å². The zero-order valence-corrected chi connectivity index (χ0v) is 13.4. The lowest BCUT2D eigenvalue weighted by molar-refractivity contribution is -0.145. The number of halogens is 1. The number of aliphatic carboxylic acids is 1. The normalized spacial score (nSPS) is 17.9. The van der Waals surface area contributed by atoms with Gasteiger partial charge in [0.25, 0.3) is 0 Å². The first kappa shape index (κ1) is 17.7. The molecule has 1 unspecified atom stereocenters. The molecule has 24 heavy (non-hydrogen) atoms. The molecule has 1 aromatic carbocycles. The van der Waals surface area contributed by atoms with Gasteiger partial charge in [0.1, 0.15) is 12.4 Å². The summed E-state index contributed by atoms with van der Waals surface area (Å²) in [5, 5.41) is 8.96. The van der Waals surface area contributed by atoms with Crippen LogP contribution in [0.25, 0.3) is 0 Å². The Labute approximate surface area is 138 Å². The second kappa shape index (κ2) is 7.25. The minimum atomic E-state index is -1.20. The SMILES string of the molecule is CCOC(=O)C1=C(C)N(CC(=O)O)C(=O)CC1c1ccccc1F. The minimum absolute atomic E-state index is 0.114. The summed E-state index contributed by atoms with van der Waals surface area (Å²) in [5.41, 5.74) is 0.506. The smallest absolute Gasteiger partial charge is 0.336 e. The average Bonchev–Trinajstić information content (AvgIpc) is 2.51. The minimum Gasteiger partial charge on any atom is -0.480 e. The van der Waals surface area contributed by atoms with E-state index in [2.05, 4.69) is 0 Å². The first-order valence-electron chi connectivity index (χ1n) is 7.51. The van der Waals surface area contributed by atoms with Crippen LogP contribution in [-0.4, -0.2) is 41.0 Å². The number of ether oxygens (including phenoxy) is 1. The summed E-state index contributed by atoms with van der Waals surface area (Å²) in [6.07, 6.45) is -0.195. The van der Waals surface area contributed by atoms with E-state index < -0.39 is 36.1 Å². The van der Waals surface area contributed by atoms with E-state index in [9.17, 15) is 18.8 Å². The van der Waals surface area contributed by atoms with Crippen LogP contribution in [0, 0.1) is 5.82 Å². The Morgan fingerprint density at radius 1 is 1.38 bits per heavy atom. The van der Waals surface area contributed by atoms with Gasteiger partial charge in [0.15, 0.2) is 0 Å². The summed E-state index contributed by atoms with van der Waals surface area (Å²) in [5.74, 6) is -3.68. The molecule has 1 aliphatic rings. The standard InChI is InChI=1S/C17H18FNO5/c1-3-24-17(23)16-10(2)19(9-15(21)22)14(20)8-12(16)11-6-4-5-7-13(11)18/h4-7,12H,3,8-9H2,1-2H3,(H,21,22). The molecule has 1 amide bonds. The number of carboxylic acids is 1. The molecule has 1 aliphatic heterocycles. The molecule has 0 aliphatic carbocycles. The van der Waals surface area contributed by atoms with E-state index in [0.29, 0.717) is 0 Å². The highest BCUT2D eigenvalue weighted by molar-refractivity contribution is 5.96. The third kappa shape index (κ3) is 3.45. The molecule has 7 heteroatoms. The summed E-state index contributed by atoms with van der Waals surface area (Å²) in [6.45, 7) is 2.67. The van der Waals surface area contributed by atoms with Gasteiger partial charge in [-0.05, 0) is 25.5 Å². The molecular weight excluding hydrogens is 317 g/mol. The van der Waals surface area contributed by atoms with Crippen molar-refractivity contribution in [2.45, 2.75) is 26.2 Å². The molecule has 128 valence electrons. The summed E-state index contributed by atoms with van der Waals surface area (Å²) < 4.78 is 19.2. The van der Waals surface area contributed by atoms with Gasteiger partial charge in [-0.25, -0.2) is 9.18 Å². The van der Waals surface area contributed by atoms with E-state index in [1.807, 2.05) is 0 Å². The Hall–Kier alpha value is -2.70. The van der Waals surface area contributed by atoms with Crippen LogP contribution in [-0.2, 0) is 19.1 Å². The molecule has 0 fully saturated rings. The largest absolute Gasteiger partial charge is 0.480 e. The highest BCUT2D eigenvalue weighted by Gasteiger charge is 2.38. The van der Waals surface area contributed by atoms with Gasteiger partial charge >= 0.3 is 11.9 Å². The van der Waals surface area contributed by atoms with Crippen molar-refractivity contribution in [2.75, 3.05) is 13.2 Å². The topological polar surface area (TPSA) is 83.9 Å². The van der Waals surface area contributed by atoms with Crippen molar-refractivity contribution < 1.29 is 28.6 Å². The molecule has 2 rings (SSSR count). The lowest BCUT2D eigenvalue weighted by Crippen LogP contribution is -2.41. The molecule has 6 nitrogen and oxygen atoms in total. The maximum Gasteiger partial charge on any atom is 0.336 e. The number of rotatable bonds is 5. The van der Waals surface area contributed by atoms with Gasteiger partial charge in [0, 0.05) is 18.0 Å². The lowest BCUT2D eigenvalue weighted by atomic mass is 9.83. The van der Waals surface area contributed by atoms with Gasteiger partial charge in [0.05, 0.1) is 12.2 Å². The van der Waals surface area contributed by atoms with E-state index in [-0.39, 0.29) is 29.9 Å². The Balaban J connectivity index is 2.56. The first-order valence-corrected chi connectivity index (χ1v) is 7.51. The van der Waals surface area contributed by atoms with Gasteiger partial charge in [-0.15, -0.1) is 0 Å². The molecule has 0 aromatic heterocycles. The van der Waals surface area contributed by atoms with Crippen LogP contribution in [0.1, 0.15) is 31.7 Å². The Kier molecular flexibility index (Phi) is 5.33. The number of carbonyl (C=O) groups is 3. The van der Waals surface area contributed by atoms with Crippen molar-refractivity contribution in [1.29, 1.82) is 0 Å². The van der Waals surface area contributed by atoms with Crippen LogP contribution in [0.15, 0.2) is 35.5 Å². The fraction of sp³-hybridized carbons (Fsp3) is 0.353. The van der Waals surface area contributed by atoms with E-state index in [0.717, 1.165) is 4.90 Å². The number of allylic oxidation sites excluding steroid dienone is 1. The van der Waals surface area contributed by atoms with Crippen LogP contribution in [0.4, 0.5) is 4.39 Å². The monoisotopic (exact) mass is 335 g/mol. The number of carboxylic acid groups (broad SMARTS) is 1. The fourth-order valence-electron chi connectivity index (χ4n) is 2.84. The average molecular weight is 335 g/mol. The van der Waals surface area contributed by atoms with Gasteiger partial charge in [0.2, 0.25) is 5.91 Å². The zero-order valence-electron chi connectivity index (χ0n) is 13.4. The molecule has 1 N–H and O–H groups in total. The number of hydrogen-bond acceptors (Lipinski definition) is 4. The van der Waals surface area contributed by atoms with Gasteiger partial charge in [-0.3, -0.25) is 9.59 Å². The Morgan fingerprint density at radius 2 is 2.04 bits per heavy atom. The van der Waals surface area contributed by atoms with E-state index >= 15 is 0 Å². The molecule has 1 heterocycles. The second-order valence-corrected chi connectivity index (χ2v) is 5.37. The van der Waals surface area contributed by atoms with Gasteiger partial charge < -0.3 is 14.7 Å². The predicted octanol–water partition coefficient (Wildman–Crippen LogP) is 2.06. The first-order chi connectivity index (χ1) is 11.4. The number of benzene rings is 1. The Bertz CT molecular complexity index is 713. The highest BCUT2D eigenvalue weighted by Crippen LogP contribution is 2.37. The van der Waals surface area contributed by atoms with E-state index in [1.54, 1.807) is 13.0 Å². The number of amides is 1. The third-order valence-corrected chi connectivity index (χ3v) is 3.89. The van der Waals surface area contributed by atoms with Crippen molar-refractivity contribution in [3.05, 3.63) is 46.9 Å². The third-order valence-electron chi connectivity index (χ3n) is 3.89. The Morgan fingerprint density at radius 3 is 2.62 bits per heavy atom. The van der Waals surface area contributed by atoms with Crippen molar-refractivity contribution in [1.82, 2.24) is 4.90 Å². The summed E-state index contributed by atoms with van der Waals surface area (Å²) >= 11 is 0. The molecule has 0 bridgehead atoms. The van der Waals surface area contributed by atoms with E-state index in [1.165, 1.54) is 25.1 Å². The van der Waals surface area contributed by atoms with Gasteiger partial charge in [-0.2, -0.15) is 0 Å². The molecule has 0 saturated heterocycles. The summed E-state index contributed by atoms with van der Waals surface area (Å²) in [7, 11) is 0. The zero-order chi connectivity index (χ0) is 17.9. The molecule has 1 atom stereocenters. The predicted molar refractivity (Wildman–Crippen MR) is 82.4 cm³/mol.